The van der Waals surface area contributed by atoms with Crippen LogP contribution in [0.3, 0.4) is 0 Å². The molecule has 1 N–H and O–H groups in total. The van der Waals surface area contributed by atoms with E-state index in [4.69, 9.17) is 4.74 Å². The van der Waals surface area contributed by atoms with Crippen molar-refractivity contribution in [2.24, 2.45) is 5.10 Å². The van der Waals surface area contributed by atoms with Crippen LogP contribution in [0.15, 0.2) is 92.3 Å². The van der Waals surface area contributed by atoms with E-state index in [0.29, 0.717) is 28.4 Å². The highest BCUT2D eigenvalue weighted by Crippen LogP contribution is 2.22. The zero-order valence-corrected chi connectivity index (χ0v) is 22.8. The first kappa shape index (κ1) is 26.6. The van der Waals surface area contributed by atoms with Crippen molar-refractivity contribution in [1.82, 2.24) is 15.0 Å². The van der Waals surface area contributed by atoms with E-state index in [-0.39, 0.29) is 17.2 Å². The molecule has 1 aromatic heterocycles. The number of nitrogens with zero attached hydrogens (tertiary/aromatic N) is 3. The molecule has 0 bridgehead atoms. The number of unbranched alkanes of at least 4 members (excludes halogenated alkanes) is 2. The Balaban J connectivity index is 1.40. The monoisotopic (exact) mass is 578 g/mol. The number of rotatable bonds is 11. The average molecular weight is 580 g/mol. The van der Waals surface area contributed by atoms with Gasteiger partial charge < -0.3 is 4.74 Å². The maximum absolute atomic E-state index is 13.3. The lowest BCUT2D eigenvalue weighted by Gasteiger charge is -2.13. The second-order valence-corrected chi connectivity index (χ2v) is 10.1. The van der Waals surface area contributed by atoms with E-state index in [1.165, 1.54) is 16.3 Å². The quantitative estimate of drug-likeness (QED) is 0.0780. The van der Waals surface area contributed by atoms with Crippen molar-refractivity contribution < 1.29 is 9.53 Å². The van der Waals surface area contributed by atoms with Crippen LogP contribution in [0.4, 0.5) is 0 Å². The predicted molar refractivity (Wildman–Crippen MR) is 153 cm³/mol. The number of nitrogens with one attached hydrogen (secondary N) is 1. The van der Waals surface area contributed by atoms with E-state index in [2.05, 4.69) is 38.4 Å². The SMILES string of the molecule is CCCCCOc1ccc(/C=N\NC(=O)CSc2nc3ccccc3c(=O)n2-c2ccc(Br)cc2)cc1. The number of fused-ring (bicyclic) bond motifs is 1. The number of carbonyl (C=O) groups excluding carboxylic acids is 1. The third-order valence-corrected chi connectivity index (χ3v) is 6.93. The molecule has 3 aromatic carbocycles. The molecular formula is C28H27BrN4O3S. The molecule has 0 aliphatic heterocycles. The summed E-state index contributed by atoms with van der Waals surface area (Å²) in [6, 6.07) is 22.1. The number of amides is 1. The fourth-order valence-corrected chi connectivity index (χ4v) is 4.63. The molecule has 0 fully saturated rings. The number of hydrazone groups is 1. The van der Waals surface area contributed by atoms with Gasteiger partial charge in [-0.2, -0.15) is 5.10 Å². The van der Waals surface area contributed by atoms with E-state index in [9.17, 15) is 9.59 Å². The van der Waals surface area contributed by atoms with Gasteiger partial charge in [-0.15, -0.1) is 0 Å². The molecule has 190 valence electrons. The number of para-hydroxylation sites is 1. The van der Waals surface area contributed by atoms with Crippen LogP contribution in [0.2, 0.25) is 0 Å². The van der Waals surface area contributed by atoms with Crippen molar-refractivity contribution in [2.75, 3.05) is 12.4 Å². The predicted octanol–water partition coefficient (Wildman–Crippen LogP) is 5.96. The number of thioether (sulfide) groups is 1. The molecule has 1 heterocycles. The van der Waals surface area contributed by atoms with Crippen LogP contribution in [0.1, 0.15) is 31.7 Å². The van der Waals surface area contributed by atoms with Crippen molar-refractivity contribution in [3.05, 3.63) is 93.2 Å². The Morgan fingerprint density at radius 2 is 1.84 bits per heavy atom. The third-order valence-electron chi connectivity index (χ3n) is 5.46. The fourth-order valence-electron chi connectivity index (χ4n) is 3.56. The minimum Gasteiger partial charge on any atom is -0.494 e. The number of halogens is 1. The van der Waals surface area contributed by atoms with Gasteiger partial charge in [-0.1, -0.05) is 59.6 Å². The van der Waals surface area contributed by atoms with Crippen molar-refractivity contribution in [1.29, 1.82) is 0 Å². The van der Waals surface area contributed by atoms with Gasteiger partial charge in [-0.25, -0.2) is 10.4 Å². The number of carbonyl (C=O) groups is 1. The van der Waals surface area contributed by atoms with Crippen LogP contribution in [0.5, 0.6) is 5.75 Å². The Hall–Kier alpha value is -3.43. The zero-order valence-electron chi connectivity index (χ0n) is 20.4. The maximum Gasteiger partial charge on any atom is 0.266 e. The molecule has 0 spiro atoms. The molecule has 37 heavy (non-hydrogen) atoms. The van der Waals surface area contributed by atoms with Gasteiger partial charge in [0.15, 0.2) is 5.16 Å². The zero-order chi connectivity index (χ0) is 26.0. The largest absolute Gasteiger partial charge is 0.494 e. The molecular weight excluding hydrogens is 552 g/mol. The first-order chi connectivity index (χ1) is 18.0. The van der Waals surface area contributed by atoms with Crippen LogP contribution in [-0.4, -0.2) is 34.0 Å². The van der Waals surface area contributed by atoms with E-state index in [1.807, 2.05) is 60.7 Å². The van der Waals surface area contributed by atoms with Gasteiger partial charge in [-0.05, 0) is 72.6 Å². The molecule has 0 atom stereocenters. The summed E-state index contributed by atoms with van der Waals surface area (Å²) in [5.74, 6) is 0.554. The van der Waals surface area contributed by atoms with Crippen molar-refractivity contribution in [3.63, 3.8) is 0 Å². The first-order valence-electron chi connectivity index (χ1n) is 12.0. The van der Waals surface area contributed by atoms with Crippen LogP contribution in [-0.2, 0) is 4.79 Å². The van der Waals surface area contributed by atoms with E-state index >= 15 is 0 Å². The molecule has 0 radical (unpaired) electrons. The molecule has 4 aromatic rings. The Kier molecular flexibility index (Phi) is 9.51. The summed E-state index contributed by atoms with van der Waals surface area (Å²) in [6.45, 7) is 2.87. The highest BCUT2D eigenvalue weighted by Gasteiger charge is 2.14. The normalized spacial score (nSPS) is 11.2. The summed E-state index contributed by atoms with van der Waals surface area (Å²) >= 11 is 4.60. The summed E-state index contributed by atoms with van der Waals surface area (Å²) in [6.07, 6.45) is 4.93. The summed E-state index contributed by atoms with van der Waals surface area (Å²) in [7, 11) is 0. The topological polar surface area (TPSA) is 85.6 Å². The molecule has 7 nitrogen and oxygen atoms in total. The lowest BCUT2D eigenvalue weighted by Crippen LogP contribution is -2.24. The maximum atomic E-state index is 13.3. The van der Waals surface area contributed by atoms with E-state index in [0.717, 1.165) is 35.0 Å². The molecule has 0 saturated heterocycles. The van der Waals surface area contributed by atoms with Crippen LogP contribution in [0.25, 0.3) is 16.6 Å². The second-order valence-electron chi connectivity index (χ2n) is 8.23. The average Bonchev–Trinajstić information content (AvgIpc) is 2.92. The van der Waals surface area contributed by atoms with Gasteiger partial charge in [0.25, 0.3) is 11.5 Å². The Morgan fingerprint density at radius 3 is 2.59 bits per heavy atom. The van der Waals surface area contributed by atoms with Crippen molar-refractivity contribution in [2.45, 2.75) is 31.3 Å². The highest BCUT2D eigenvalue weighted by molar-refractivity contribution is 9.10. The highest BCUT2D eigenvalue weighted by atomic mass is 79.9. The number of ether oxygens (including phenoxy) is 1. The Morgan fingerprint density at radius 1 is 1.08 bits per heavy atom. The Bertz CT molecular complexity index is 1440. The van der Waals surface area contributed by atoms with Crippen LogP contribution >= 0.6 is 27.7 Å². The summed E-state index contributed by atoms with van der Waals surface area (Å²) < 4.78 is 8.14. The third kappa shape index (κ3) is 7.30. The lowest BCUT2D eigenvalue weighted by molar-refractivity contribution is -0.118. The standard InChI is InChI=1S/C28H27BrN4O3S/c1-2-3-6-17-36-23-15-9-20(10-16-23)18-30-32-26(34)19-37-28-31-25-8-5-4-7-24(25)27(35)33(28)22-13-11-21(29)12-14-22/h4-5,7-16,18H,2-3,6,17,19H2,1H3,(H,32,34)/b30-18-. The second kappa shape index (κ2) is 13.2. The molecule has 0 unspecified atom stereocenters. The lowest BCUT2D eigenvalue weighted by atomic mass is 10.2. The van der Waals surface area contributed by atoms with Crippen LogP contribution in [0, 0.1) is 0 Å². The van der Waals surface area contributed by atoms with Crippen LogP contribution < -0.4 is 15.7 Å². The summed E-state index contributed by atoms with van der Waals surface area (Å²) in [5, 5.41) is 5.00. The Labute approximate surface area is 228 Å². The number of aromatic nitrogens is 2. The van der Waals surface area contributed by atoms with Crippen molar-refractivity contribution in [3.8, 4) is 11.4 Å². The molecule has 0 aliphatic rings. The number of benzene rings is 3. The minimum atomic E-state index is -0.304. The molecule has 0 aliphatic carbocycles. The number of hydrogen-bond acceptors (Lipinski definition) is 6. The smallest absolute Gasteiger partial charge is 0.266 e. The van der Waals surface area contributed by atoms with Gasteiger partial charge >= 0.3 is 0 Å². The van der Waals surface area contributed by atoms with E-state index < -0.39 is 0 Å². The molecule has 9 heteroatoms. The minimum absolute atomic E-state index is 0.0448. The summed E-state index contributed by atoms with van der Waals surface area (Å²) in [5.41, 5.74) is 4.45. The van der Waals surface area contributed by atoms with Gasteiger partial charge in [0, 0.05) is 4.47 Å². The molecule has 1 amide bonds. The van der Waals surface area contributed by atoms with Crippen molar-refractivity contribution >= 4 is 50.7 Å². The summed E-state index contributed by atoms with van der Waals surface area (Å²) in [4.78, 5) is 30.4. The molecule has 0 saturated carbocycles. The van der Waals surface area contributed by atoms with Gasteiger partial charge in [0.2, 0.25) is 0 Å². The number of hydrogen-bond donors (Lipinski definition) is 1. The van der Waals surface area contributed by atoms with Gasteiger partial charge in [0.1, 0.15) is 5.75 Å². The van der Waals surface area contributed by atoms with E-state index in [1.54, 1.807) is 18.3 Å². The van der Waals surface area contributed by atoms with Gasteiger partial charge in [0.05, 0.1) is 35.2 Å². The first-order valence-corrected chi connectivity index (χ1v) is 13.8. The van der Waals surface area contributed by atoms with Gasteiger partial charge in [-0.3, -0.25) is 14.2 Å². The fraction of sp³-hybridized carbons (Fsp3) is 0.214. The molecule has 4 rings (SSSR count).